The second kappa shape index (κ2) is 6.72. The molecule has 3 heteroatoms. The predicted molar refractivity (Wildman–Crippen MR) is 84.1 cm³/mol. The Morgan fingerprint density at radius 1 is 1.14 bits per heavy atom. The quantitative estimate of drug-likeness (QED) is 0.879. The Morgan fingerprint density at radius 2 is 1.86 bits per heavy atom. The molecule has 2 aromatic carbocycles. The van der Waals surface area contributed by atoms with Crippen molar-refractivity contribution in [3.05, 3.63) is 65.5 Å². The molecule has 2 rings (SSSR count). The van der Waals surface area contributed by atoms with Gasteiger partial charge in [-0.1, -0.05) is 31.2 Å². The largest absolute Gasteiger partial charge is 0.494 e. The van der Waals surface area contributed by atoms with Crippen LogP contribution in [0.25, 0.3) is 0 Å². The first-order valence-corrected chi connectivity index (χ1v) is 7.25. The molecular formula is C18H22FNO. The monoisotopic (exact) mass is 287 g/mol. The number of ether oxygens (including phenoxy) is 1. The van der Waals surface area contributed by atoms with Gasteiger partial charge in [0, 0.05) is 12.0 Å². The summed E-state index contributed by atoms with van der Waals surface area (Å²) in [7, 11) is 0. The molecule has 1 unspecified atom stereocenters. The molecule has 0 saturated carbocycles. The zero-order valence-electron chi connectivity index (χ0n) is 12.6. The van der Waals surface area contributed by atoms with E-state index in [0.29, 0.717) is 13.2 Å². The van der Waals surface area contributed by atoms with Gasteiger partial charge in [-0.3, -0.25) is 0 Å². The average molecular weight is 287 g/mol. The Bertz CT molecular complexity index is 582. The Labute approximate surface area is 125 Å². The molecule has 2 aromatic rings. The van der Waals surface area contributed by atoms with Gasteiger partial charge >= 0.3 is 0 Å². The number of hydrogen-bond donors (Lipinski definition) is 1. The van der Waals surface area contributed by atoms with Crippen LogP contribution in [0.5, 0.6) is 5.75 Å². The maximum absolute atomic E-state index is 13.1. The maximum atomic E-state index is 13.1. The zero-order chi connectivity index (χ0) is 15.3. The SMILES string of the molecule is CCOc1cccc(CC(C)(CN)c2ccc(F)cc2)c1. The Kier molecular flexibility index (Phi) is 4.97. The molecule has 0 saturated heterocycles. The van der Waals surface area contributed by atoms with Gasteiger partial charge in [-0.05, 0) is 48.7 Å². The van der Waals surface area contributed by atoms with Gasteiger partial charge in [0.1, 0.15) is 11.6 Å². The fourth-order valence-corrected chi connectivity index (χ4v) is 2.51. The normalized spacial score (nSPS) is 13.7. The minimum absolute atomic E-state index is 0.224. The van der Waals surface area contributed by atoms with Crippen molar-refractivity contribution in [1.82, 2.24) is 0 Å². The van der Waals surface area contributed by atoms with E-state index in [1.54, 1.807) is 0 Å². The maximum Gasteiger partial charge on any atom is 0.123 e. The number of rotatable bonds is 6. The van der Waals surface area contributed by atoms with Crippen molar-refractivity contribution in [2.24, 2.45) is 5.73 Å². The van der Waals surface area contributed by atoms with Crippen LogP contribution < -0.4 is 10.5 Å². The van der Waals surface area contributed by atoms with Crippen molar-refractivity contribution in [1.29, 1.82) is 0 Å². The van der Waals surface area contributed by atoms with Crippen molar-refractivity contribution in [3.8, 4) is 5.75 Å². The van der Waals surface area contributed by atoms with Crippen LogP contribution in [-0.4, -0.2) is 13.2 Å². The van der Waals surface area contributed by atoms with E-state index in [-0.39, 0.29) is 11.2 Å². The molecule has 0 radical (unpaired) electrons. The first-order valence-electron chi connectivity index (χ1n) is 7.25. The van der Waals surface area contributed by atoms with E-state index in [0.717, 1.165) is 17.7 Å². The van der Waals surface area contributed by atoms with Gasteiger partial charge in [-0.2, -0.15) is 0 Å². The minimum Gasteiger partial charge on any atom is -0.494 e. The lowest BCUT2D eigenvalue weighted by Gasteiger charge is -2.29. The topological polar surface area (TPSA) is 35.2 Å². The number of halogens is 1. The molecule has 0 bridgehead atoms. The van der Waals surface area contributed by atoms with Crippen LogP contribution in [0.4, 0.5) is 4.39 Å². The lowest BCUT2D eigenvalue weighted by Crippen LogP contribution is -2.34. The molecule has 2 nitrogen and oxygen atoms in total. The highest BCUT2D eigenvalue weighted by atomic mass is 19.1. The molecule has 0 aliphatic heterocycles. The summed E-state index contributed by atoms with van der Waals surface area (Å²) in [5.41, 5.74) is 7.99. The van der Waals surface area contributed by atoms with E-state index in [1.165, 1.54) is 17.7 Å². The van der Waals surface area contributed by atoms with Gasteiger partial charge in [0.05, 0.1) is 6.61 Å². The molecule has 0 aromatic heterocycles. The Hall–Kier alpha value is -1.87. The summed E-state index contributed by atoms with van der Waals surface area (Å²) >= 11 is 0. The molecule has 0 aliphatic carbocycles. The lowest BCUT2D eigenvalue weighted by molar-refractivity contribution is 0.339. The van der Waals surface area contributed by atoms with Gasteiger partial charge in [-0.15, -0.1) is 0 Å². The van der Waals surface area contributed by atoms with E-state index in [1.807, 2.05) is 37.3 Å². The highest BCUT2D eigenvalue weighted by Crippen LogP contribution is 2.28. The van der Waals surface area contributed by atoms with Crippen LogP contribution in [0.1, 0.15) is 25.0 Å². The van der Waals surface area contributed by atoms with E-state index in [9.17, 15) is 4.39 Å². The van der Waals surface area contributed by atoms with Crippen LogP contribution >= 0.6 is 0 Å². The molecule has 0 amide bonds. The van der Waals surface area contributed by atoms with Crippen LogP contribution in [0.15, 0.2) is 48.5 Å². The van der Waals surface area contributed by atoms with Gasteiger partial charge in [0.2, 0.25) is 0 Å². The van der Waals surface area contributed by atoms with Crippen molar-refractivity contribution in [3.63, 3.8) is 0 Å². The number of benzene rings is 2. The summed E-state index contributed by atoms with van der Waals surface area (Å²) in [5.74, 6) is 0.643. The molecule has 0 fully saturated rings. The van der Waals surface area contributed by atoms with Crippen LogP contribution in [0.3, 0.4) is 0 Å². The third-order valence-corrected chi connectivity index (χ3v) is 3.80. The zero-order valence-corrected chi connectivity index (χ0v) is 12.6. The van der Waals surface area contributed by atoms with Crippen molar-refractivity contribution >= 4 is 0 Å². The van der Waals surface area contributed by atoms with Gasteiger partial charge in [0.15, 0.2) is 0 Å². The van der Waals surface area contributed by atoms with E-state index in [4.69, 9.17) is 10.5 Å². The molecule has 0 aliphatic rings. The molecule has 0 spiro atoms. The highest BCUT2D eigenvalue weighted by Gasteiger charge is 2.25. The molecule has 1 atom stereocenters. The van der Waals surface area contributed by atoms with Crippen LogP contribution in [-0.2, 0) is 11.8 Å². The van der Waals surface area contributed by atoms with Crippen LogP contribution in [0, 0.1) is 5.82 Å². The molecule has 2 N–H and O–H groups in total. The van der Waals surface area contributed by atoms with E-state index < -0.39 is 0 Å². The van der Waals surface area contributed by atoms with Gasteiger partial charge < -0.3 is 10.5 Å². The lowest BCUT2D eigenvalue weighted by atomic mass is 9.77. The van der Waals surface area contributed by atoms with Gasteiger partial charge in [0.25, 0.3) is 0 Å². The van der Waals surface area contributed by atoms with E-state index >= 15 is 0 Å². The average Bonchev–Trinajstić information content (AvgIpc) is 2.48. The fourth-order valence-electron chi connectivity index (χ4n) is 2.51. The standard InChI is InChI=1S/C18H22FNO/c1-3-21-17-6-4-5-14(11-17)12-18(2,13-20)15-7-9-16(19)10-8-15/h4-11H,3,12-13,20H2,1-2H3. The molecular weight excluding hydrogens is 265 g/mol. The first kappa shape index (κ1) is 15.5. The predicted octanol–water partition coefficient (Wildman–Crippen LogP) is 3.68. The van der Waals surface area contributed by atoms with E-state index in [2.05, 4.69) is 13.0 Å². The smallest absolute Gasteiger partial charge is 0.123 e. The van der Waals surface area contributed by atoms with Crippen molar-refractivity contribution < 1.29 is 9.13 Å². The van der Waals surface area contributed by atoms with Crippen molar-refractivity contribution in [2.75, 3.05) is 13.2 Å². The summed E-state index contributed by atoms with van der Waals surface area (Å²) in [6.45, 7) is 5.22. The van der Waals surface area contributed by atoms with Crippen molar-refractivity contribution in [2.45, 2.75) is 25.7 Å². The minimum atomic E-state index is -0.225. The molecule has 21 heavy (non-hydrogen) atoms. The third-order valence-electron chi connectivity index (χ3n) is 3.80. The Balaban J connectivity index is 2.25. The van der Waals surface area contributed by atoms with Gasteiger partial charge in [-0.25, -0.2) is 4.39 Å². The highest BCUT2D eigenvalue weighted by molar-refractivity contribution is 5.33. The summed E-state index contributed by atoms with van der Waals surface area (Å²) in [6.07, 6.45) is 0.788. The molecule has 112 valence electrons. The number of nitrogens with two attached hydrogens (primary N) is 1. The summed E-state index contributed by atoms with van der Waals surface area (Å²) in [4.78, 5) is 0. The summed E-state index contributed by atoms with van der Waals surface area (Å²) in [5, 5.41) is 0. The summed E-state index contributed by atoms with van der Waals surface area (Å²) in [6, 6.07) is 14.6. The molecule has 0 heterocycles. The third kappa shape index (κ3) is 3.82. The van der Waals surface area contributed by atoms with Crippen LogP contribution in [0.2, 0.25) is 0 Å². The second-order valence-electron chi connectivity index (χ2n) is 5.53. The Morgan fingerprint density at radius 3 is 2.48 bits per heavy atom. The first-order chi connectivity index (χ1) is 10.1. The fraction of sp³-hybridized carbons (Fsp3) is 0.333. The number of hydrogen-bond acceptors (Lipinski definition) is 2. The second-order valence-corrected chi connectivity index (χ2v) is 5.53. The summed E-state index contributed by atoms with van der Waals surface area (Å²) < 4.78 is 18.6.